The van der Waals surface area contributed by atoms with Gasteiger partial charge < -0.3 is 14.0 Å². The Morgan fingerprint density at radius 2 is 1.84 bits per heavy atom. The minimum atomic E-state index is 0.0418. The minimum absolute atomic E-state index is 0.0418. The number of aliphatic hydroxyl groups is 1. The van der Waals surface area contributed by atoms with Gasteiger partial charge in [0.05, 0.1) is 23.7 Å². The van der Waals surface area contributed by atoms with Crippen molar-refractivity contribution >= 4 is 19.0 Å². The highest BCUT2D eigenvalue weighted by Gasteiger charge is 2.59. The molecule has 5 aliphatic carbocycles. The standard InChI is InChI=1S/C33H52BO3S/c1-21(2)11-14-30(36-24-9-7-6-8-10-24)22(3)31-29(35)20-28-26-13-12-23-19-25(37-38-34)15-17-32(23,4)27(26)16-18-33(28,31)5/h12,14,21-22,24-28,34-35H,6-11,13,15-20H2,1-5H3/b30-14-/t22-,25+,26-,27+,28+,32+,33+/m1/s1/i34T. The number of allylic oxidation sites excluding steroid dienone is 4. The lowest BCUT2D eigenvalue weighted by Crippen LogP contribution is -2.50. The average molecular weight is 542 g/mol. The van der Waals surface area contributed by atoms with Gasteiger partial charge in [-0.05, 0) is 118 Å². The van der Waals surface area contributed by atoms with E-state index in [0.29, 0.717) is 35.5 Å². The van der Waals surface area contributed by atoms with E-state index < -0.39 is 0 Å². The van der Waals surface area contributed by atoms with Crippen LogP contribution >= 0.6 is 11.9 Å². The Labute approximate surface area is 239 Å². The van der Waals surface area contributed by atoms with Crippen LogP contribution in [-0.4, -0.2) is 25.7 Å². The van der Waals surface area contributed by atoms with E-state index in [4.69, 9.17) is 10.3 Å². The highest BCUT2D eigenvalue weighted by Crippen LogP contribution is 2.67. The zero-order valence-electron chi connectivity index (χ0n) is 25.6. The van der Waals surface area contributed by atoms with E-state index in [2.05, 4.69) is 46.8 Å². The normalized spacial score (nSPS) is 39.2. The molecule has 211 valence electrons. The fraction of sp³-hybridized carbons (Fsp3) is 0.818. The first-order valence-electron chi connectivity index (χ1n) is 16.3. The lowest BCUT2D eigenvalue weighted by molar-refractivity contribution is -0.0293. The number of aliphatic hydroxyl groups excluding tert-OH is 1. The Kier molecular flexibility index (Phi) is 8.35. The molecule has 0 amide bonds. The predicted molar refractivity (Wildman–Crippen MR) is 161 cm³/mol. The monoisotopic (exact) mass is 541 g/mol. The molecular weight excluding hydrogens is 487 g/mol. The first-order chi connectivity index (χ1) is 18.7. The number of rotatable bonds is 9. The van der Waals surface area contributed by atoms with Crippen molar-refractivity contribution in [2.45, 2.75) is 130 Å². The summed E-state index contributed by atoms with van der Waals surface area (Å²) < 4.78 is 20.0. The molecule has 0 saturated heterocycles. The molecule has 1 radical (unpaired) electrons. The third-order valence-corrected chi connectivity index (χ3v) is 11.9. The Bertz CT molecular complexity index is 972. The molecule has 3 fully saturated rings. The molecule has 3 saturated carbocycles. The maximum Gasteiger partial charge on any atom is 0.209 e. The Morgan fingerprint density at radius 1 is 1.08 bits per heavy atom. The Balaban J connectivity index is 1.36. The van der Waals surface area contributed by atoms with Crippen molar-refractivity contribution in [3.8, 4) is 0 Å². The fourth-order valence-corrected chi connectivity index (χ4v) is 9.73. The molecule has 3 nitrogen and oxygen atoms in total. The molecule has 0 bridgehead atoms. The molecule has 0 heterocycles. The quantitative estimate of drug-likeness (QED) is 0.137. The summed E-state index contributed by atoms with van der Waals surface area (Å²) in [5.74, 6) is 4.34. The van der Waals surface area contributed by atoms with E-state index in [0.717, 1.165) is 44.3 Å². The second-order valence-corrected chi connectivity index (χ2v) is 14.6. The minimum Gasteiger partial charge on any atom is -0.512 e. The van der Waals surface area contributed by atoms with Crippen molar-refractivity contribution in [3.63, 3.8) is 0 Å². The zero-order chi connectivity index (χ0) is 27.8. The van der Waals surface area contributed by atoms with Crippen molar-refractivity contribution in [2.24, 2.45) is 40.4 Å². The second-order valence-electron chi connectivity index (χ2n) is 14.2. The molecule has 0 aliphatic heterocycles. The van der Waals surface area contributed by atoms with Gasteiger partial charge in [0.1, 0.15) is 0 Å². The van der Waals surface area contributed by atoms with Crippen molar-refractivity contribution in [1.82, 2.24) is 0 Å². The SMILES string of the molecule is [3H][B]SO[C@H]1CC[C@@]2(C)C(=CC[C@@H]3[C@@H]2CC[C@]2(C)C([C@H](C)/C(=C/CC(C)C)OC4CCCCC4)=C(O)C[C@@H]32)C1. The van der Waals surface area contributed by atoms with E-state index in [-0.39, 0.29) is 22.9 Å². The molecule has 7 atom stereocenters. The highest BCUT2D eigenvalue weighted by atomic mass is 32.2. The van der Waals surface area contributed by atoms with Gasteiger partial charge in [0.25, 0.3) is 0 Å². The summed E-state index contributed by atoms with van der Waals surface area (Å²) >= 11 is 1.18. The fourth-order valence-electron chi connectivity index (χ4n) is 9.41. The zero-order valence-corrected chi connectivity index (χ0v) is 25.5. The van der Waals surface area contributed by atoms with Crippen LogP contribution in [0.5, 0.6) is 0 Å². The van der Waals surface area contributed by atoms with Crippen LogP contribution in [0, 0.1) is 40.4 Å². The van der Waals surface area contributed by atoms with Gasteiger partial charge in [-0.15, -0.1) is 0 Å². The van der Waals surface area contributed by atoms with Gasteiger partial charge >= 0.3 is 0 Å². The molecule has 0 aromatic rings. The average Bonchev–Trinajstić information content (AvgIpc) is 3.19. The van der Waals surface area contributed by atoms with Crippen LogP contribution in [0.25, 0.3) is 0 Å². The summed E-state index contributed by atoms with van der Waals surface area (Å²) in [6.07, 6.45) is 20.3. The van der Waals surface area contributed by atoms with Crippen molar-refractivity contribution < 1.29 is 14.0 Å². The Hall–Kier alpha value is -0.805. The molecule has 0 spiro atoms. The van der Waals surface area contributed by atoms with Gasteiger partial charge in [-0.25, -0.2) is 0 Å². The largest absolute Gasteiger partial charge is 0.512 e. The molecule has 0 aromatic heterocycles. The van der Waals surface area contributed by atoms with E-state index in [1.165, 1.54) is 69.5 Å². The lowest BCUT2D eigenvalue weighted by Gasteiger charge is -2.58. The summed E-state index contributed by atoms with van der Waals surface area (Å²) in [5.41, 5.74) is 3.17. The van der Waals surface area contributed by atoms with Gasteiger partial charge in [0.15, 0.2) is 0 Å². The van der Waals surface area contributed by atoms with Crippen LogP contribution in [-0.2, 0) is 8.92 Å². The molecule has 5 heteroatoms. The molecule has 5 aliphatic rings. The van der Waals surface area contributed by atoms with Gasteiger partial charge in [-0.1, -0.05) is 64.6 Å². The molecule has 38 heavy (non-hydrogen) atoms. The maximum absolute atomic E-state index is 11.6. The lowest BCUT2D eigenvalue weighted by atomic mass is 9.47. The summed E-state index contributed by atoms with van der Waals surface area (Å²) in [6.45, 7) is 11.9. The smallest absolute Gasteiger partial charge is 0.209 e. The third kappa shape index (κ3) is 5.29. The topological polar surface area (TPSA) is 38.7 Å². The van der Waals surface area contributed by atoms with Crippen LogP contribution in [0.3, 0.4) is 0 Å². The van der Waals surface area contributed by atoms with E-state index >= 15 is 0 Å². The van der Waals surface area contributed by atoms with Crippen LogP contribution in [0.15, 0.2) is 34.8 Å². The summed E-state index contributed by atoms with van der Waals surface area (Å²) in [4.78, 5) is 0. The van der Waals surface area contributed by atoms with Crippen LogP contribution in [0.1, 0.15) is 118 Å². The van der Waals surface area contributed by atoms with Crippen molar-refractivity contribution in [2.75, 3.05) is 0 Å². The van der Waals surface area contributed by atoms with E-state index in [9.17, 15) is 5.11 Å². The Morgan fingerprint density at radius 3 is 2.58 bits per heavy atom. The maximum atomic E-state index is 11.6. The summed E-state index contributed by atoms with van der Waals surface area (Å²) in [5, 5.41) is 11.6. The van der Waals surface area contributed by atoms with Crippen LogP contribution < -0.4 is 0 Å². The number of ether oxygens (including phenoxy) is 1. The first kappa shape index (κ1) is 27.4. The van der Waals surface area contributed by atoms with E-state index in [1.54, 1.807) is 5.57 Å². The number of hydrogen-bond acceptors (Lipinski definition) is 4. The van der Waals surface area contributed by atoms with Gasteiger partial charge in [-0.2, -0.15) is 0 Å². The first-order valence-corrected chi connectivity index (χ1v) is 16.5. The van der Waals surface area contributed by atoms with Crippen LogP contribution in [0.2, 0.25) is 0 Å². The summed E-state index contributed by atoms with van der Waals surface area (Å²) in [7, 11) is 1.29. The van der Waals surface area contributed by atoms with Gasteiger partial charge in [0.2, 0.25) is 7.09 Å². The van der Waals surface area contributed by atoms with Gasteiger partial charge in [0, 0.05) is 12.3 Å². The molecular formula is C33H52BO3S. The van der Waals surface area contributed by atoms with Crippen molar-refractivity contribution in [1.29, 1.82) is 1.34 Å². The highest BCUT2D eigenvalue weighted by molar-refractivity contribution is 8.15. The molecule has 0 unspecified atom stereocenters. The second kappa shape index (κ2) is 11.6. The number of fused-ring (bicyclic) bond motifs is 5. The number of hydrogen-bond donors (Lipinski definition) is 1. The van der Waals surface area contributed by atoms with Gasteiger partial charge in [-0.3, -0.25) is 0 Å². The molecule has 1 N–H and O–H groups in total. The van der Waals surface area contributed by atoms with Crippen LogP contribution in [0.4, 0.5) is 0 Å². The predicted octanol–water partition coefficient (Wildman–Crippen LogP) is 9.14. The van der Waals surface area contributed by atoms with E-state index in [1.807, 2.05) is 0 Å². The summed E-state index contributed by atoms with van der Waals surface area (Å²) in [6, 6.07) is 0. The molecule has 0 aromatic carbocycles. The molecule has 5 rings (SSSR count). The van der Waals surface area contributed by atoms with Crippen molar-refractivity contribution in [3.05, 3.63) is 34.8 Å². The third-order valence-electron chi connectivity index (χ3n) is 11.5.